The number of hydrogen-bond acceptors (Lipinski definition) is 6. The molecule has 4 rings (SSSR count). The Morgan fingerprint density at radius 1 is 0.909 bits per heavy atom. The van der Waals surface area contributed by atoms with E-state index in [0.717, 1.165) is 74.1 Å². The number of aromatic nitrogens is 2. The van der Waals surface area contributed by atoms with E-state index in [1.54, 1.807) is 0 Å². The van der Waals surface area contributed by atoms with Crippen LogP contribution in [0.2, 0.25) is 0 Å². The number of nitrogens with zero attached hydrogens (tertiary/aromatic N) is 1. The van der Waals surface area contributed by atoms with Gasteiger partial charge in [-0.05, 0) is 91.9 Å². The molecule has 44 heavy (non-hydrogen) atoms. The van der Waals surface area contributed by atoms with Crippen LogP contribution in [0, 0.1) is 25.7 Å². The Balaban J connectivity index is 1.70. The van der Waals surface area contributed by atoms with Gasteiger partial charge >= 0.3 is 11.9 Å². The van der Waals surface area contributed by atoms with Crippen molar-refractivity contribution in [3.63, 3.8) is 0 Å². The standard InChI is InChI=1S/C33H46N4O6S/c1-6-20-16(2)26(36-33(20)43)13-24-17(3)21(7-9-30(38)39)27(34-24)15-28-22(8-10-31(40)41)18(4)25(35-28)14-29-23(11-12-44)19(5)32(42)37-29/h19,23,29,32,34-35,37,42,44H,6-15H2,1-5H3,(H,38,39)(H,40,41)/t19-,23-,29+,32-/m1/s1. The number of aliphatic hydroxyl groups excluding tert-OH is 1. The van der Waals surface area contributed by atoms with Crippen LogP contribution >= 0.6 is 12.6 Å². The van der Waals surface area contributed by atoms with Gasteiger partial charge in [0.05, 0.1) is 5.71 Å². The average molecular weight is 627 g/mol. The van der Waals surface area contributed by atoms with E-state index in [-0.39, 0.29) is 36.6 Å². The Morgan fingerprint density at radius 3 is 2.00 bits per heavy atom. The lowest BCUT2D eigenvalue weighted by Crippen LogP contribution is -2.33. The van der Waals surface area contributed by atoms with Crippen LogP contribution in [-0.2, 0) is 46.5 Å². The summed E-state index contributed by atoms with van der Waals surface area (Å²) in [5.41, 5.74) is 9.88. The largest absolute Gasteiger partial charge is 0.481 e. The molecule has 0 aromatic carbocycles. The molecular formula is C33H46N4O6S. The first-order chi connectivity index (χ1) is 20.9. The van der Waals surface area contributed by atoms with Crippen LogP contribution in [0.25, 0.3) is 0 Å². The summed E-state index contributed by atoms with van der Waals surface area (Å²) in [6, 6.07) is 0.0503. The summed E-state index contributed by atoms with van der Waals surface area (Å²) < 4.78 is 0. The summed E-state index contributed by atoms with van der Waals surface area (Å²) in [7, 11) is 0. The van der Waals surface area contributed by atoms with Crippen molar-refractivity contribution in [2.45, 2.75) is 105 Å². The number of allylic oxidation sites excluding steroid dienone is 1. The monoisotopic (exact) mass is 626 g/mol. The SMILES string of the molecule is CCC1=C(C)C(Cc2[nH]c(Cc3[nH]c(C[C@@H]4N[C@H](O)[C@H](C)[C@H]4CCS)c(C)c3CCC(=O)O)c(CCC(=O)O)c2C)=NC1=O. The van der Waals surface area contributed by atoms with Crippen LogP contribution in [0.1, 0.15) is 91.5 Å². The number of aromatic amines is 2. The average Bonchev–Trinajstić information content (AvgIpc) is 3.60. The molecule has 1 fully saturated rings. The number of rotatable bonds is 15. The van der Waals surface area contributed by atoms with Crippen LogP contribution in [0.15, 0.2) is 16.1 Å². The maximum absolute atomic E-state index is 12.4. The van der Waals surface area contributed by atoms with Crippen LogP contribution in [-0.4, -0.2) is 66.9 Å². The summed E-state index contributed by atoms with van der Waals surface area (Å²) >= 11 is 4.44. The van der Waals surface area contributed by atoms with Crippen LogP contribution in [0.4, 0.5) is 0 Å². The summed E-state index contributed by atoms with van der Waals surface area (Å²) in [6.45, 7) is 9.90. The van der Waals surface area contributed by atoms with E-state index >= 15 is 0 Å². The Bertz CT molecular complexity index is 1490. The minimum absolute atomic E-state index is 0.00899. The number of aliphatic hydroxyl groups is 1. The topological polar surface area (TPSA) is 168 Å². The normalized spacial score (nSPS) is 21.9. The van der Waals surface area contributed by atoms with Crippen molar-refractivity contribution in [1.29, 1.82) is 0 Å². The number of amides is 1. The first-order valence-electron chi connectivity index (χ1n) is 15.5. The van der Waals surface area contributed by atoms with Gasteiger partial charge in [-0.1, -0.05) is 13.8 Å². The summed E-state index contributed by atoms with van der Waals surface area (Å²) in [5, 5.41) is 32.9. The second kappa shape index (κ2) is 14.3. The number of thiol groups is 1. The van der Waals surface area contributed by atoms with Gasteiger partial charge in [-0.25, -0.2) is 4.99 Å². The highest BCUT2D eigenvalue weighted by atomic mass is 32.1. The highest BCUT2D eigenvalue weighted by Crippen LogP contribution is 2.34. The fourth-order valence-electron chi connectivity index (χ4n) is 7.02. The summed E-state index contributed by atoms with van der Waals surface area (Å²) in [4.78, 5) is 47.0. The van der Waals surface area contributed by atoms with Crippen LogP contribution in [0.3, 0.4) is 0 Å². The third kappa shape index (κ3) is 7.21. The Morgan fingerprint density at radius 2 is 1.48 bits per heavy atom. The van der Waals surface area contributed by atoms with E-state index in [2.05, 4.69) is 32.9 Å². The fraction of sp³-hybridized carbons (Fsp3) is 0.576. The molecule has 2 aromatic heterocycles. The Kier molecular flexibility index (Phi) is 11.0. The molecule has 2 aromatic rings. The third-order valence-electron chi connectivity index (χ3n) is 9.71. The smallest absolute Gasteiger partial charge is 0.303 e. The van der Waals surface area contributed by atoms with Gasteiger partial charge in [0.15, 0.2) is 0 Å². The van der Waals surface area contributed by atoms with E-state index in [1.807, 2.05) is 34.6 Å². The van der Waals surface area contributed by atoms with E-state index in [0.29, 0.717) is 38.5 Å². The Hall–Kier alpha value is -3.15. The van der Waals surface area contributed by atoms with Crippen molar-refractivity contribution in [2.75, 3.05) is 5.75 Å². The number of hydrogen-bond donors (Lipinski definition) is 7. The first-order valence-corrected chi connectivity index (χ1v) is 16.2. The molecule has 0 unspecified atom stereocenters. The number of nitrogens with one attached hydrogen (secondary N) is 3. The molecule has 4 heterocycles. The molecule has 6 N–H and O–H groups in total. The van der Waals surface area contributed by atoms with Crippen LogP contribution < -0.4 is 5.32 Å². The van der Waals surface area contributed by atoms with Crippen molar-refractivity contribution in [1.82, 2.24) is 15.3 Å². The number of aliphatic imine (C=N–C) groups is 1. The molecule has 0 bridgehead atoms. The highest BCUT2D eigenvalue weighted by Gasteiger charge is 2.39. The quantitative estimate of drug-likeness (QED) is 0.145. The maximum atomic E-state index is 12.4. The molecule has 1 amide bonds. The first kappa shape index (κ1) is 33.7. The van der Waals surface area contributed by atoms with E-state index in [9.17, 15) is 29.7 Å². The van der Waals surface area contributed by atoms with Gasteiger partial charge in [-0.2, -0.15) is 12.6 Å². The zero-order chi connectivity index (χ0) is 32.3. The summed E-state index contributed by atoms with van der Waals surface area (Å²) in [5.74, 6) is -0.874. The van der Waals surface area contributed by atoms with Gasteiger partial charge in [-0.3, -0.25) is 19.7 Å². The van der Waals surface area contributed by atoms with Crippen molar-refractivity contribution in [2.24, 2.45) is 16.8 Å². The van der Waals surface area contributed by atoms with E-state index in [4.69, 9.17) is 0 Å². The van der Waals surface area contributed by atoms with Crippen molar-refractivity contribution >= 4 is 36.2 Å². The number of carboxylic acids is 2. The maximum Gasteiger partial charge on any atom is 0.303 e. The molecular weight excluding hydrogens is 580 g/mol. The minimum atomic E-state index is -0.883. The molecule has 10 nitrogen and oxygen atoms in total. The minimum Gasteiger partial charge on any atom is -0.481 e. The van der Waals surface area contributed by atoms with E-state index < -0.39 is 18.2 Å². The zero-order valence-electron chi connectivity index (χ0n) is 26.3. The third-order valence-corrected chi connectivity index (χ3v) is 9.97. The molecule has 0 radical (unpaired) electrons. The highest BCUT2D eigenvalue weighted by molar-refractivity contribution is 7.80. The van der Waals surface area contributed by atoms with Gasteiger partial charge in [0.25, 0.3) is 5.91 Å². The van der Waals surface area contributed by atoms with E-state index in [1.165, 1.54) is 0 Å². The number of carboxylic acid groups (broad SMARTS) is 2. The van der Waals surface area contributed by atoms with Gasteiger partial charge in [-0.15, -0.1) is 0 Å². The van der Waals surface area contributed by atoms with Crippen molar-refractivity contribution in [3.8, 4) is 0 Å². The number of H-pyrrole nitrogens is 2. The molecule has 0 saturated carbocycles. The Labute approximate surface area is 264 Å². The fourth-order valence-corrected chi connectivity index (χ4v) is 7.32. The van der Waals surface area contributed by atoms with Gasteiger partial charge in [0, 0.05) is 66.5 Å². The molecule has 240 valence electrons. The second-order valence-electron chi connectivity index (χ2n) is 12.3. The predicted octanol–water partition coefficient (Wildman–Crippen LogP) is 4.24. The summed E-state index contributed by atoms with van der Waals surface area (Å²) in [6.07, 6.45) is 3.13. The lowest BCUT2D eigenvalue weighted by Gasteiger charge is -2.21. The molecule has 0 spiro atoms. The van der Waals surface area contributed by atoms with Gasteiger partial charge < -0.3 is 25.3 Å². The van der Waals surface area contributed by atoms with Gasteiger partial charge in [0.1, 0.15) is 6.23 Å². The zero-order valence-corrected chi connectivity index (χ0v) is 27.2. The van der Waals surface area contributed by atoms with Crippen molar-refractivity contribution < 1.29 is 29.7 Å². The number of carbonyl (C=O) groups is 3. The molecule has 11 heteroatoms. The number of carbonyl (C=O) groups excluding carboxylic acids is 1. The molecule has 2 aliphatic heterocycles. The van der Waals surface area contributed by atoms with Crippen LogP contribution in [0.5, 0.6) is 0 Å². The molecule has 1 saturated heterocycles. The lowest BCUT2D eigenvalue weighted by molar-refractivity contribution is -0.138. The second-order valence-corrected chi connectivity index (χ2v) is 12.7. The van der Waals surface area contributed by atoms with Gasteiger partial charge in [0.2, 0.25) is 0 Å². The number of aliphatic carboxylic acids is 2. The molecule has 4 atom stereocenters. The van der Waals surface area contributed by atoms with Crippen molar-refractivity contribution in [3.05, 3.63) is 56.2 Å². The molecule has 0 aliphatic carbocycles. The lowest BCUT2D eigenvalue weighted by atomic mass is 9.86. The molecule has 2 aliphatic rings. The predicted molar refractivity (Wildman–Crippen MR) is 173 cm³/mol.